The van der Waals surface area contributed by atoms with Crippen molar-refractivity contribution in [1.29, 1.82) is 0 Å². The van der Waals surface area contributed by atoms with Crippen LogP contribution in [0.3, 0.4) is 0 Å². The lowest BCUT2D eigenvalue weighted by atomic mass is 10.2. The standard InChI is InChI=1S/C10H20N2O/c1-3-10(13)12(4-2)11-8-6-5-7-9-11/h3-9H2,1-2H3. The average Bonchev–Trinajstić information content (AvgIpc) is 2.20. The van der Waals surface area contributed by atoms with Gasteiger partial charge in [0, 0.05) is 26.1 Å². The first-order valence-electron chi connectivity index (χ1n) is 5.34. The van der Waals surface area contributed by atoms with Crippen molar-refractivity contribution >= 4 is 5.91 Å². The minimum absolute atomic E-state index is 0.254. The van der Waals surface area contributed by atoms with Crippen LogP contribution >= 0.6 is 0 Å². The molecule has 1 rings (SSSR count). The van der Waals surface area contributed by atoms with E-state index in [1.54, 1.807) is 0 Å². The molecule has 1 fully saturated rings. The maximum atomic E-state index is 11.5. The Morgan fingerprint density at radius 3 is 2.31 bits per heavy atom. The number of hydrazine groups is 1. The van der Waals surface area contributed by atoms with Crippen molar-refractivity contribution in [3.63, 3.8) is 0 Å². The van der Waals surface area contributed by atoms with Crippen molar-refractivity contribution < 1.29 is 4.79 Å². The summed E-state index contributed by atoms with van der Waals surface area (Å²) in [4.78, 5) is 11.5. The molecule has 0 N–H and O–H groups in total. The molecular weight excluding hydrogens is 164 g/mol. The third-order valence-corrected chi connectivity index (χ3v) is 2.56. The highest BCUT2D eigenvalue weighted by Gasteiger charge is 2.19. The molecule has 3 heteroatoms. The van der Waals surface area contributed by atoms with Crippen molar-refractivity contribution in [1.82, 2.24) is 10.0 Å². The zero-order valence-electron chi connectivity index (χ0n) is 8.75. The van der Waals surface area contributed by atoms with Crippen LogP contribution in [0.1, 0.15) is 39.5 Å². The van der Waals surface area contributed by atoms with Gasteiger partial charge in [0.1, 0.15) is 0 Å². The summed E-state index contributed by atoms with van der Waals surface area (Å²) in [7, 11) is 0. The lowest BCUT2D eigenvalue weighted by molar-refractivity contribution is -0.150. The van der Waals surface area contributed by atoms with E-state index >= 15 is 0 Å². The molecule has 1 saturated heterocycles. The van der Waals surface area contributed by atoms with Gasteiger partial charge in [-0.2, -0.15) is 0 Å². The number of carbonyl (C=O) groups is 1. The summed E-state index contributed by atoms with van der Waals surface area (Å²) < 4.78 is 0. The van der Waals surface area contributed by atoms with Gasteiger partial charge in [-0.1, -0.05) is 13.3 Å². The van der Waals surface area contributed by atoms with E-state index in [1.165, 1.54) is 19.3 Å². The fourth-order valence-corrected chi connectivity index (χ4v) is 1.84. The molecule has 0 bridgehead atoms. The molecule has 0 atom stereocenters. The predicted octanol–water partition coefficient (Wildman–Crippen LogP) is 1.65. The highest BCUT2D eigenvalue weighted by molar-refractivity contribution is 5.75. The van der Waals surface area contributed by atoms with Crippen molar-refractivity contribution in [2.24, 2.45) is 0 Å². The Hall–Kier alpha value is -0.570. The average molecular weight is 184 g/mol. The molecular formula is C10H20N2O. The van der Waals surface area contributed by atoms with E-state index in [9.17, 15) is 4.79 Å². The second-order valence-electron chi connectivity index (χ2n) is 3.48. The van der Waals surface area contributed by atoms with Gasteiger partial charge in [-0.15, -0.1) is 0 Å². The van der Waals surface area contributed by atoms with Gasteiger partial charge in [-0.3, -0.25) is 9.80 Å². The molecule has 0 radical (unpaired) electrons. The third-order valence-electron chi connectivity index (χ3n) is 2.56. The van der Waals surface area contributed by atoms with Crippen LogP contribution in [0.15, 0.2) is 0 Å². The number of nitrogens with zero attached hydrogens (tertiary/aromatic N) is 2. The van der Waals surface area contributed by atoms with E-state index in [1.807, 2.05) is 18.9 Å². The molecule has 1 heterocycles. The van der Waals surface area contributed by atoms with Crippen LogP contribution in [-0.2, 0) is 4.79 Å². The van der Waals surface area contributed by atoms with Gasteiger partial charge in [0.05, 0.1) is 0 Å². The van der Waals surface area contributed by atoms with E-state index in [0.717, 1.165) is 19.6 Å². The Kier molecular flexibility index (Phi) is 4.22. The first-order valence-corrected chi connectivity index (χ1v) is 5.34. The summed E-state index contributed by atoms with van der Waals surface area (Å²) >= 11 is 0. The van der Waals surface area contributed by atoms with Crippen molar-refractivity contribution in [3.8, 4) is 0 Å². The van der Waals surface area contributed by atoms with Crippen LogP contribution in [0.5, 0.6) is 0 Å². The zero-order valence-corrected chi connectivity index (χ0v) is 8.75. The fourth-order valence-electron chi connectivity index (χ4n) is 1.84. The molecule has 0 unspecified atom stereocenters. The van der Waals surface area contributed by atoms with E-state index in [2.05, 4.69) is 5.01 Å². The van der Waals surface area contributed by atoms with Crippen LogP contribution in [0, 0.1) is 0 Å². The summed E-state index contributed by atoms with van der Waals surface area (Å²) in [6.07, 6.45) is 4.39. The molecule has 0 aromatic rings. The molecule has 13 heavy (non-hydrogen) atoms. The first-order chi connectivity index (χ1) is 6.29. The summed E-state index contributed by atoms with van der Waals surface area (Å²) in [5.41, 5.74) is 0. The molecule has 0 saturated carbocycles. The SMILES string of the molecule is CCC(=O)N(CC)N1CCCCC1. The summed E-state index contributed by atoms with van der Waals surface area (Å²) in [6, 6.07) is 0. The van der Waals surface area contributed by atoms with Gasteiger partial charge in [-0.05, 0) is 19.8 Å². The van der Waals surface area contributed by atoms with Crippen LogP contribution in [0.2, 0.25) is 0 Å². The molecule has 0 aromatic heterocycles. The number of piperidine rings is 1. The second kappa shape index (κ2) is 5.22. The van der Waals surface area contributed by atoms with Crippen molar-refractivity contribution in [2.45, 2.75) is 39.5 Å². The molecule has 0 aromatic carbocycles. The monoisotopic (exact) mass is 184 g/mol. The molecule has 76 valence electrons. The van der Waals surface area contributed by atoms with Crippen molar-refractivity contribution in [3.05, 3.63) is 0 Å². The van der Waals surface area contributed by atoms with Crippen LogP contribution in [0.25, 0.3) is 0 Å². The molecule has 1 aliphatic rings. The Balaban J connectivity index is 2.48. The highest BCUT2D eigenvalue weighted by Crippen LogP contribution is 2.12. The normalized spacial score (nSPS) is 18.6. The van der Waals surface area contributed by atoms with Gasteiger partial charge in [0.2, 0.25) is 5.91 Å². The first kappa shape index (κ1) is 10.5. The molecule has 3 nitrogen and oxygen atoms in total. The molecule has 0 aliphatic carbocycles. The zero-order chi connectivity index (χ0) is 9.68. The molecule has 1 amide bonds. The lowest BCUT2D eigenvalue weighted by Crippen LogP contribution is -2.48. The van der Waals surface area contributed by atoms with E-state index in [-0.39, 0.29) is 5.91 Å². The number of amides is 1. The van der Waals surface area contributed by atoms with Crippen LogP contribution < -0.4 is 0 Å². The largest absolute Gasteiger partial charge is 0.276 e. The van der Waals surface area contributed by atoms with Gasteiger partial charge >= 0.3 is 0 Å². The Morgan fingerprint density at radius 1 is 1.23 bits per heavy atom. The topological polar surface area (TPSA) is 23.6 Å². The van der Waals surface area contributed by atoms with Gasteiger partial charge < -0.3 is 0 Å². The van der Waals surface area contributed by atoms with Gasteiger partial charge in [-0.25, -0.2) is 5.01 Å². The lowest BCUT2D eigenvalue weighted by Gasteiger charge is -2.36. The Morgan fingerprint density at radius 2 is 1.85 bits per heavy atom. The maximum absolute atomic E-state index is 11.5. The fraction of sp³-hybridized carbons (Fsp3) is 0.900. The number of rotatable bonds is 3. The van der Waals surface area contributed by atoms with Gasteiger partial charge in [0.25, 0.3) is 0 Å². The van der Waals surface area contributed by atoms with Gasteiger partial charge in [0.15, 0.2) is 0 Å². The van der Waals surface area contributed by atoms with E-state index in [0.29, 0.717) is 6.42 Å². The molecule has 0 spiro atoms. The Labute approximate surface area is 80.7 Å². The number of carbonyl (C=O) groups excluding carboxylic acids is 1. The Bertz CT molecular complexity index is 164. The summed E-state index contributed by atoms with van der Waals surface area (Å²) in [5.74, 6) is 0.254. The van der Waals surface area contributed by atoms with E-state index < -0.39 is 0 Å². The van der Waals surface area contributed by atoms with Crippen LogP contribution in [0.4, 0.5) is 0 Å². The third kappa shape index (κ3) is 2.69. The minimum Gasteiger partial charge on any atom is -0.276 e. The second-order valence-corrected chi connectivity index (χ2v) is 3.48. The minimum atomic E-state index is 0.254. The number of hydrogen-bond donors (Lipinski definition) is 0. The smallest absolute Gasteiger partial charge is 0.236 e. The quantitative estimate of drug-likeness (QED) is 0.666. The highest BCUT2D eigenvalue weighted by atomic mass is 16.2. The number of hydrogen-bond acceptors (Lipinski definition) is 2. The van der Waals surface area contributed by atoms with Crippen molar-refractivity contribution in [2.75, 3.05) is 19.6 Å². The van der Waals surface area contributed by atoms with Crippen LogP contribution in [-0.4, -0.2) is 35.6 Å². The maximum Gasteiger partial charge on any atom is 0.236 e. The predicted molar refractivity (Wildman–Crippen MR) is 53.1 cm³/mol. The van der Waals surface area contributed by atoms with E-state index in [4.69, 9.17) is 0 Å². The summed E-state index contributed by atoms with van der Waals surface area (Å²) in [5, 5.41) is 4.11. The summed E-state index contributed by atoms with van der Waals surface area (Å²) in [6.45, 7) is 6.89. The molecule has 1 aliphatic heterocycles.